The van der Waals surface area contributed by atoms with Crippen molar-refractivity contribution in [3.8, 4) is 0 Å². The highest BCUT2D eigenvalue weighted by molar-refractivity contribution is 6.04. The number of hydrogen-bond donors (Lipinski definition) is 1. The van der Waals surface area contributed by atoms with E-state index in [2.05, 4.69) is 15.5 Å². The molecule has 1 amide bonds. The first-order valence-corrected chi connectivity index (χ1v) is 10.2. The molecule has 168 valence electrons. The smallest absolute Gasteiger partial charge is 0.307 e. The Labute approximate surface area is 188 Å². The maximum absolute atomic E-state index is 14.0. The molecule has 2 aromatic heterocycles. The number of nitro groups is 1. The summed E-state index contributed by atoms with van der Waals surface area (Å²) >= 11 is 0. The van der Waals surface area contributed by atoms with Crippen molar-refractivity contribution in [2.24, 2.45) is 0 Å². The first kappa shape index (κ1) is 21.9. The summed E-state index contributed by atoms with van der Waals surface area (Å²) in [4.78, 5) is 23.1. The SMILES string of the molecule is Cc1nn(Cc2ccccc2F)c(C)c1NC(=O)c1ccc(Cn2cc([N+](=O)[O-])cn2)cc1. The lowest BCUT2D eigenvalue weighted by atomic mass is 10.1. The molecule has 0 radical (unpaired) electrons. The van der Waals surface area contributed by atoms with Crippen LogP contribution in [0.4, 0.5) is 15.8 Å². The Morgan fingerprint density at radius 1 is 1.12 bits per heavy atom. The molecular formula is C23H21FN6O3. The molecule has 10 heteroatoms. The van der Waals surface area contributed by atoms with Gasteiger partial charge in [-0.2, -0.15) is 10.2 Å². The molecule has 0 saturated carbocycles. The van der Waals surface area contributed by atoms with Gasteiger partial charge in [0.15, 0.2) is 0 Å². The van der Waals surface area contributed by atoms with E-state index in [1.54, 1.807) is 54.1 Å². The molecule has 4 aromatic rings. The standard InChI is InChI=1S/C23H21FN6O3/c1-15-22(16(2)29(27-15)13-19-5-3-4-6-21(19)24)26-23(31)18-9-7-17(8-10-18)12-28-14-20(11-25-28)30(32)33/h3-11,14H,12-13H2,1-2H3,(H,26,31). The first-order chi connectivity index (χ1) is 15.8. The number of aromatic nitrogens is 4. The zero-order valence-electron chi connectivity index (χ0n) is 18.0. The van der Waals surface area contributed by atoms with Gasteiger partial charge in [0.1, 0.15) is 18.2 Å². The fourth-order valence-corrected chi connectivity index (χ4v) is 3.49. The van der Waals surface area contributed by atoms with Crippen LogP contribution in [-0.4, -0.2) is 30.4 Å². The van der Waals surface area contributed by atoms with Gasteiger partial charge in [0.05, 0.1) is 35.1 Å². The molecule has 9 nitrogen and oxygen atoms in total. The molecule has 0 fully saturated rings. The van der Waals surface area contributed by atoms with Crippen molar-refractivity contribution in [1.82, 2.24) is 19.6 Å². The Morgan fingerprint density at radius 3 is 2.52 bits per heavy atom. The van der Waals surface area contributed by atoms with E-state index in [4.69, 9.17) is 0 Å². The van der Waals surface area contributed by atoms with Gasteiger partial charge < -0.3 is 5.32 Å². The Bertz CT molecular complexity index is 1330. The minimum Gasteiger partial charge on any atom is -0.319 e. The third kappa shape index (κ3) is 4.79. The van der Waals surface area contributed by atoms with E-state index in [1.807, 2.05) is 6.92 Å². The summed E-state index contributed by atoms with van der Waals surface area (Å²) in [6.07, 6.45) is 2.55. The zero-order chi connectivity index (χ0) is 23.5. The van der Waals surface area contributed by atoms with Gasteiger partial charge in [-0.3, -0.25) is 24.3 Å². The fraction of sp³-hybridized carbons (Fsp3) is 0.174. The van der Waals surface area contributed by atoms with Crippen molar-refractivity contribution in [3.63, 3.8) is 0 Å². The normalized spacial score (nSPS) is 10.9. The van der Waals surface area contributed by atoms with Crippen molar-refractivity contribution in [1.29, 1.82) is 0 Å². The van der Waals surface area contributed by atoms with E-state index >= 15 is 0 Å². The molecule has 0 unspecified atom stereocenters. The molecule has 0 aliphatic heterocycles. The molecule has 0 spiro atoms. The van der Waals surface area contributed by atoms with E-state index < -0.39 is 4.92 Å². The molecule has 1 N–H and O–H groups in total. The maximum atomic E-state index is 14.0. The van der Waals surface area contributed by atoms with Gasteiger partial charge in [0.25, 0.3) is 5.91 Å². The van der Waals surface area contributed by atoms with Gasteiger partial charge in [0, 0.05) is 11.1 Å². The predicted octanol–water partition coefficient (Wildman–Crippen LogP) is 4.09. The number of hydrogen-bond acceptors (Lipinski definition) is 5. The third-order valence-electron chi connectivity index (χ3n) is 5.29. The average Bonchev–Trinajstić information content (AvgIpc) is 3.36. The number of carbonyl (C=O) groups excluding carboxylic acids is 1. The third-order valence-corrected chi connectivity index (χ3v) is 5.29. The van der Waals surface area contributed by atoms with Crippen LogP contribution in [0, 0.1) is 29.8 Å². The number of anilines is 1. The highest BCUT2D eigenvalue weighted by atomic mass is 19.1. The van der Waals surface area contributed by atoms with Gasteiger partial charge in [0.2, 0.25) is 0 Å². The van der Waals surface area contributed by atoms with E-state index in [1.165, 1.54) is 23.1 Å². The lowest BCUT2D eigenvalue weighted by Gasteiger charge is -2.09. The van der Waals surface area contributed by atoms with Crippen molar-refractivity contribution < 1.29 is 14.1 Å². The van der Waals surface area contributed by atoms with E-state index in [0.29, 0.717) is 29.1 Å². The van der Waals surface area contributed by atoms with Gasteiger partial charge >= 0.3 is 5.69 Å². The largest absolute Gasteiger partial charge is 0.319 e. The van der Waals surface area contributed by atoms with Crippen molar-refractivity contribution in [3.05, 3.63) is 105 Å². The number of benzene rings is 2. The molecule has 4 rings (SSSR count). The number of carbonyl (C=O) groups is 1. The molecule has 0 atom stereocenters. The number of halogens is 1. The second-order valence-corrected chi connectivity index (χ2v) is 7.60. The van der Waals surface area contributed by atoms with E-state index in [0.717, 1.165) is 11.3 Å². The number of aryl methyl sites for hydroxylation is 1. The number of nitrogens with zero attached hydrogens (tertiary/aromatic N) is 5. The number of amides is 1. The average molecular weight is 448 g/mol. The summed E-state index contributed by atoms with van der Waals surface area (Å²) in [7, 11) is 0. The predicted molar refractivity (Wildman–Crippen MR) is 120 cm³/mol. The van der Waals surface area contributed by atoms with E-state index in [-0.39, 0.29) is 24.0 Å². The summed E-state index contributed by atoms with van der Waals surface area (Å²) in [5, 5.41) is 22.1. The number of rotatable bonds is 7. The van der Waals surface area contributed by atoms with Crippen LogP contribution in [0.15, 0.2) is 60.9 Å². The molecule has 2 aromatic carbocycles. The van der Waals surface area contributed by atoms with Crippen molar-refractivity contribution >= 4 is 17.3 Å². The summed E-state index contributed by atoms with van der Waals surface area (Å²) < 4.78 is 17.1. The Hall–Kier alpha value is -4.34. The lowest BCUT2D eigenvalue weighted by Crippen LogP contribution is -2.13. The molecule has 33 heavy (non-hydrogen) atoms. The highest BCUT2D eigenvalue weighted by Crippen LogP contribution is 2.22. The van der Waals surface area contributed by atoms with Crippen LogP contribution in [0.1, 0.15) is 32.9 Å². The Morgan fingerprint density at radius 2 is 1.85 bits per heavy atom. The van der Waals surface area contributed by atoms with Crippen LogP contribution >= 0.6 is 0 Å². The summed E-state index contributed by atoms with van der Waals surface area (Å²) in [5.74, 6) is -0.603. The summed E-state index contributed by atoms with van der Waals surface area (Å²) in [5.41, 5.74) is 3.67. The van der Waals surface area contributed by atoms with Crippen molar-refractivity contribution in [2.75, 3.05) is 5.32 Å². The van der Waals surface area contributed by atoms with Crippen LogP contribution in [0.2, 0.25) is 0 Å². The molecule has 0 aliphatic rings. The number of nitrogens with one attached hydrogen (secondary N) is 1. The van der Waals surface area contributed by atoms with Crippen molar-refractivity contribution in [2.45, 2.75) is 26.9 Å². The van der Waals surface area contributed by atoms with Gasteiger partial charge in [-0.15, -0.1) is 0 Å². The first-order valence-electron chi connectivity index (χ1n) is 10.2. The second kappa shape index (κ2) is 9.03. The van der Waals surface area contributed by atoms with Crippen LogP contribution in [0.5, 0.6) is 0 Å². The minimum absolute atomic E-state index is 0.0766. The van der Waals surface area contributed by atoms with Crippen LogP contribution < -0.4 is 5.32 Å². The van der Waals surface area contributed by atoms with Gasteiger partial charge in [-0.05, 0) is 37.6 Å². The molecule has 0 bridgehead atoms. The highest BCUT2D eigenvalue weighted by Gasteiger charge is 2.16. The van der Waals surface area contributed by atoms with Crippen LogP contribution in [0.25, 0.3) is 0 Å². The molecule has 0 saturated heterocycles. The van der Waals surface area contributed by atoms with Crippen LogP contribution in [0.3, 0.4) is 0 Å². The minimum atomic E-state index is -0.501. The quantitative estimate of drug-likeness (QED) is 0.338. The van der Waals surface area contributed by atoms with Crippen LogP contribution in [-0.2, 0) is 13.1 Å². The summed E-state index contributed by atoms with van der Waals surface area (Å²) in [6.45, 7) is 4.21. The zero-order valence-corrected chi connectivity index (χ0v) is 18.0. The fourth-order valence-electron chi connectivity index (χ4n) is 3.49. The topological polar surface area (TPSA) is 108 Å². The van der Waals surface area contributed by atoms with Gasteiger partial charge in [-0.1, -0.05) is 30.3 Å². The monoisotopic (exact) mass is 448 g/mol. The molecule has 2 heterocycles. The molecule has 0 aliphatic carbocycles. The van der Waals surface area contributed by atoms with Gasteiger partial charge in [-0.25, -0.2) is 4.39 Å². The lowest BCUT2D eigenvalue weighted by molar-refractivity contribution is -0.385. The molecular weight excluding hydrogens is 427 g/mol. The Balaban J connectivity index is 1.45. The second-order valence-electron chi connectivity index (χ2n) is 7.60. The maximum Gasteiger partial charge on any atom is 0.307 e. The Kier molecular flexibility index (Phi) is 5.99. The summed E-state index contributed by atoms with van der Waals surface area (Å²) in [6, 6.07) is 13.4. The van der Waals surface area contributed by atoms with E-state index in [9.17, 15) is 19.3 Å².